The maximum atomic E-state index is 12.3. The third-order valence-electron chi connectivity index (χ3n) is 5.22. The molecule has 0 saturated carbocycles. The first-order valence-electron chi connectivity index (χ1n) is 10.3. The number of hydrogen-bond donors (Lipinski definition) is 0. The minimum atomic E-state index is -0.377. The Morgan fingerprint density at radius 2 is 2.03 bits per heavy atom. The summed E-state index contributed by atoms with van der Waals surface area (Å²) in [5.74, 6) is 0.850. The maximum absolute atomic E-state index is 12.3. The van der Waals surface area contributed by atoms with Gasteiger partial charge in [-0.2, -0.15) is 0 Å². The number of furan rings is 1. The maximum Gasteiger partial charge on any atom is 0.342 e. The van der Waals surface area contributed by atoms with Crippen LogP contribution in [-0.4, -0.2) is 49.9 Å². The first-order valence-corrected chi connectivity index (χ1v) is 10.3. The molecule has 1 unspecified atom stereocenters. The summed E-state index contributed by atoms with van der Waals surface area (Å²) in [6, 6.07) is 16.0. The number of carbonyl (C=O) groups is 1. The number of esters is 1. The monoisotopic (exact) mass is 409 g/mol. The molecule has 158 valence electrons. The van der Waals surface area contributed by atoms with Gasteiger partial charge in [-0.15, -0.1) is 0 Å². The number of ether oxygens (including phenoxy) is 3. The van der Waals surface area contributed by atoms with Crippen LogP contribution in [0.2, 0.25) is 0 Å². The summed E-state index contributed by atoms with van der Waals surface area (Å²) in [5.41, 5.74) is 2.40. The highest BCUT2D eigenvalue weighted by molar-refractivity contribution is 6.04. The summed E-state index contributed by atoms with van der Waals surface area (Å²) < 4.78 is 22.8. The van der Waals surface area contributed by atoms with E-state index in [1.807, 2.05) is 24.3 Å². The molecule has 0 bridgehead atoms. The fourth-order valence-electron chi connectivity index (χ4n) is 3.80. The van der Waals surface area contributed by atoms with E-state index in [1.54, 1.807) is 13.8 Å². The summed E-state index contributed by atoms with van der Waals surface area (Å²) in [7, 11) is 0. The molecule has 1 atom stereocenters. The van der Waals surface area contributed by atoms with Crippen LogP contribution in [0, 0.1) is 6.92 Å². The number of morpholine rings is 1. The van der Waals surface area contributed by atoms with Crippen molar-refractivity contribution in [2.24, 2.45) is 0 Å². The van der Waals surface area contributed by atoms with Gasteiger partial charge in [-0.25, -0.2) is 4.79 Å². The first kappa shape index (κ1) is 20.4. The van der Waals surface area contributed by atoms with Crippen LogP contribution in [0.3, 0.4) is 0 Å². The van der Waals surface area contributed by atoms with E-state index in [0.717, 1.165) is 19.6 Å². The van der Waals surface area contributed by atoms with E-state index < -0.39 is 0 Å². The zero-order valence-corrected chi connectivity index (χ0v) is 17.4. The van der Waals surface area contributed by atoms with Crippen LogP contribution in [0.4, 0.5) is 0 Å². The summed E-state index contributed by atoms with van der Waals surface area (Å²) in [4.78, 5) is 14.7. The lowest BCUT2D eigenvalue weighted by Crippen LogP contribution is -2.44. The van der Waals surface area contributed by atoms with Gasteiger partial charge in [0.05, 0.1) is 13.2 Å². The van der Waals surface area contributed by atoms with Crippen molar-refractivity contribution in [1.82, 2.24) is 4.90 Å². The zero-order chi connectivity index (χ0) is 20.9. The molecule has 1 fully saturated rings. The molecule has 6 nitrogen and oxygen atoms in total. The third-order valence-corrected chi connectivity index (χ3v) is 5.22. The number of rotatable bonds is 7. The summed E-state index contributed by atoms with van der Waals surface area (Å²) >= 11 is 0. The fraction of sp³-hybridized carbons (Fsp3) is 0.375. The minimum Gasteiger partial charge on any atom is -0.491 e. The normalized spacial score (nSPS) is 17.2. The Hall–Kier alpha value is -2.83. The number of nitrogens with zero attached hydrogens (tertiary/aromatic N) is 1. The molecule has 1 aromatic heterocycles. The average Bonchev–Trinajstić information content (AvgIpc) is 3.08. The molecule has 3 aromatic rings. The largest absolute Gasteiger partial charge is 0.491 e. The van der Waals surface area contributed by atoms with E-state index >= 15 is 0 Å². The molecule has 0 spiro atoms. The second-order valence-electron chi connectivity index (χ2n) is 7.44. The highest BCUT2D eigenvalue weighted by Gasteiger charge is 2.22. The quantitative estimate of drug-likeness (QED) is 0.545. The molecule has 0 N–H and O–H groups in total. The van der Waals surface area contributed by atoms with Crippen LogP contribution in [0.1, 0.15) is 28.6 Å². The Morgan fingerprint density at radius 1 is 1.20 bits per heavy atom. The molecule has 1 aliphatic rings. The first-order chi connectivity index (χ1) is 14.6. The van der Waals surface area contributed by atoms with Gasteiger partial charge in [-0.1, -0.05) is 30.3 Å². The van der Waals surface area contributed by atoms with Crippen molar-refractivity contribution in [2.75, 3.05) is 32.9 Å². The van der Waals surface area contributed by atoms with Crippen molar-refractivity contribution in [1.29, 1.82) is 0 Å². The minimum absolute atomic E-state index is 0.00577. The van der Waals surface area contributed by atoms with Crippen molar-refractivity contribution in [3.8, 4) is 5.75 Å². The Bertz CT molecular complexity index is 998. The molecule has 0 aliphatic carbocycles. The Labute approximate surface area is 176 Å². The van der Waals surface area contributed by atoms with Crippen LogP contribution in [0.25, 0.3) is 11.0 Å². The van der Waals surface area contributed by atoms with Crippen molar-refractivity contribution >= 4 is 16.9 Å². The molecular weight excluding hydrogens is 382 g/mol. The molecule has 0 radical (unpaired) electrons. The molecule has 4 rings (SSSR count). The van der Waals surface area contributed by atoms with E-state index in [1.165, 1.54) is 5.56 Å². The lowest BCUT2D eigenvalue weighted by atomic mass is 10.1. The van der Waals surface area contributed by atoms with Gasteiger partial charge in [0.25, 0.3) is 0 Å². The van der Waals surface area contributed by atoms with E-state index in [9.17, 15) is 4.79 Å². The van der Waals surface area contributed by atoms with Crippen LogP contribution >= 0.6 is 0 Å². The van der Waals surface area contributed by atoms with Gasteiger partial charge in [0.1, 0.15) is 35.4 Å². The fourth-order valence-corrected chi connectivity index (χ4v) is 3.80. The van der Waals surface area contributed by atoms with E-state index in [4.69, 9.17) is 18.6 Å². The highest BCUT2D eigenvalue weighted by Crippen LogP contribution is 2.30. The third kappa shape index (κ3) is 4.66. The van der Waals surface area contributed by atoms with Gasteiger partial charge in [-0.3, -0.25) is 4.90 Å². The molecule has 2 heterocycles. The summed E-state index contributed by atoms with van der Waals surface area (Å²) in [5, 5.41) is 0.707. The lowest BCUT2D eigenvalue weighted by Gasteiger charge is -2.32. The predicted molar refractivity (Wildman–Crippen MR) is 114 cm³/mol. The molecule has 30 heavy (non-hydrogen) atoms. The second kappa shape index (κ2) is 9.32. The van der Waals surface area contributed by atoms with Gasteiger partial charge < -0.3 is 18.6 Å². The van der Waals surface area contributed by atoms with Gasteiger partial charge in [0, 0.05) is 25.0 Å². The smallest absolute Gasteiger partial charge is 0.342 e. The highest BCUT2D eigenvalue weighted by atomic mass is 16.5. The van der Waals surface area contributed by atoms with Gasteiger partial charge in [0.15, 0.2) is 0 Å². The number of carbonyl (C=O) groups excluding carboxylic acids is 1. The van der Waals surface area contributed by atoms with Crippen LogP contribution < -0.4 is 4.74 Å². The molecule has 1 aliphatic heterocycles. The summed E-state index contributed by atoms with van der Waals surface area (Å²) in [6.07, 6.45) is -0.00577. The standard InChI is InChI=1S/C24H27NO5/c1-3-27-24(26)23-17(2)30-22-10-9-19(13-21(22)23)29-16-20-15-25(11-12-28-20)14-18-7-5-4-6-8-18/h4-10,13,20H,3,11-12,14-16H2,1-2H3. The topological polar surface area (TPSA) is 61.1 Å². The van der Waals surface area contributed by atoms with Crippen molar-refractivity contribution in [3.05, 3.63) is 65.4 Å². The van der Waals surface area contributed by atoms with Crippen molar-refractivity contribution in [2.45, 2.75) is 26.5 Å². The number of hydrogen-bond acceptors (Lipinski definition) is 6. The van der Waals surface area contributed by atoms with E-state index in [-0.39, 0.29) is 12.1 Å². The van der Waals surface area contributed by atoms with E-state index in [0.29, 0.717) is 47.9 Å². The van der Waals surface area contributed by atoms with Crippen LogP contribution in [-0.2, 0) is 16.0 Å². The number of benzene rings is 2. The molecule has 2 aromatic carbocycles. The van der Waals surface area contributed by atoms with Crippen molar-refractivity contribution in [3.63, 3.8) is 0 Å². The average molecular weight is 409 g/mol. The number of aryl methyl sites for hydroxylation is 1. The van der Waals surface area contributed by atoms with Gasteiger partial charge in [-0.05, 0) is 37.6 Å². The van der Waals surface area contributed by atoms with Crippen molar-refractivity contribution < 1.29 is 23.4 Å². The Morgan fingerprint density at radius 3 is 2.83 bits per heavy atom. The van der Waals surface area contributed by atoms with Gasteiger partial charge in [0.2, 0.25) is 0 Å². The zero-order valence-electron chi connectivity index (χ0n) is 17.4. The lowest BCUT2D eigenvalue weighted by molar-refractivity contribution is -0.0504. The Balaban J connectivity index is 1.40. The molecule has 1 saturated heterocycles. The molecule has 0 amide bonds. The SMILES string of the molecule is CCOC(=O)c1c(C)oc2ccc(OCC3CN(Cc4ccccc4)CCO3)cc12. The second-order valence-corrected chi connectivity index (χ2v) is 7.44. The molecule has 6 heteroatoms. The van der Waals surface area contributed by atoms with Crippen LogP contribution in [0.15, 0.2) is 52.9 Å². The predicted octanol–water partition coefficient (Wildman–Crippen LogP) is 4.20. The van der Waals surface area contributed by atoms with E-state index in [2.05, 4.69) is 29.2 Å². The Kier molecular flexibility index (Phi) is 6.35. The molecular formula is C24H27NO5. The summed E-state index contributed by atoms with van der Waals surface area (Å²) in [6.45, 7) is 7.64. The van der Waals surface area contributed by atoms with Crippen LogP contribution in [0.5, 0.6) is 5.75 Å². The van der Waals surface area contributed by atoms with Gasteiger partial charge >= 0.3 is 5.97 Å². The number of fused-ring (bicyclic) bond motifs is 1.